The number of hydrogen-bond donors (Lipinski definition) is 1. The number of pyridine rings is 1. The van der Waals surface area contributed by atoms with Crippen LogP contribution in [0.5, 0.6) is 0 Å². The Morgan fingerprint density at radius 1 is 0.879 bits per heavy atom. The average molecular weight is 448 g/mol. The molecule has 5 aromatic rings. The number of nitrogen functional groups attached to an aromatic ring is 1. The Hall–Kier alpha value is -3.96. The van der Waals surface area contributed by atoms with Crippen molar-refractivity contribution in [3.63, 3.8) is 0 Å². The third-order valence-corrected chi connectivity index (χ3v) is 7.27. The van der Waals surface area contributed by atoms with Gasteiger partial charge in [-0.3, -0.25) is 4.79 Å². The maximum atomic E-state index is 13.6. The Morgan fingerprint density at radius 3 is 2.30 bits per heavy atom. The predicted octanol–water partition coefficient (Wildman–Crippen LogP) is 6.42. The Bertz CT molecular complexity index is 1490. The molecule has 0 spiro atoms. The largest absolute Gasteiger partial charge is 0.397 e. The first-order valence-corrected chi connectivity index (χ1v) is 11.8. The number of hydrogen-bond acceptors (Lipinski definition) is 4. The fourth-order valence-corrected chi connectivity index (χ4v) is 5.62. The van der Waals surface area contributed by atoms with Gasteiger partial charge in [0.15, 0.2) is 0 Å². The minimum absolute atomic E-state index is 0.0549. The molecule has 0 radical (unpaired) electrons. The van der Waals surface area contributed by atoms with Gasteiger partial charge >= 0.3 is 0 Å². The Balaban J connectivity index is 1.54. The third kappa shape index (κ3) is 3.29. The quantitative estimate of drug-likeness (QED) is 0.347. The van der Waals surface area contributed by atoms with Crippen molar-refractivity contribution in [3.05, 3.63) is 101 Å². The molecule has 0 bridgehead atoms. The van der Waals surface area contributed by atoms with Gasteiger partial charge in [0, 0.05) is 23.2 Å². The molecular formula is C28H21N3OS. The minimum atomic E-state index is -0.0549. The number of rotatable bonds is 3. The fraction of sp³-hybridized carbons (Fsp3) is 0.0714. The van der Waals surface area contributed by atoms with Gasteiger partial charge in [0.1, 0.15) is 9.71 Å². The molecule has 2 N–H and O–H groups in total. The zero-order valence-corrected chi connectivity index (χ0v) is 18.7. The molecule has 0 saturated carbocycles. The molecule has 160 valence electrons. The van der Waals surface area contributed by atoms with Gasteiger partial charge in [-0.25, -0.2) is 4.98 Å². The van der Waals surface area contributed by atoms with E-state index in [0.717, 1.165) is 44.7 Å². The topological polar surface area (TPSA) is 59.2 Å². The number of carbonyl (C=O) groups excluding carboxylic acids is 1. The summed E-state index contributed by atoms with van der Waals surface area (Å²) in [5.74, 6) is -0.0549. The van der Waals surface area contributed by atoms with E-state index < -0.39 is 0 Å². The molecule has 0 unspecified atom stereocenters. The van der Waals surface area contributed by atoms with Crippen LogP contribution >= 0.6 is 11.3 Å². The van der Waals surface area contributed by atoms with Gasteiger partial charge < -0.3 is 10.6 Å². The van der Waals surface area contributed by atoms with Crippen molar-refractivity contribution in [1.82, 2.24) is 4.98 Å². The van der Waals surface area contributed by atoms with E-state index in [1.165, 1.54) is 16.9 Å². The maximum Gasteiger partial charge on any atom is 0.270 e. The van der Waals surface area contributed by atoms with E-state index in [0.29, 0.717) is 17.1 Å². The second kappa shape index (κ2) is 7.87. The van der Waals surface area contributed by atoms with Crippen LogP contribution in [-0.2, 0) is 6.42 Å². The molecule has 3 heterocycles. The summed E-state index contributed by atoms with van der Waals surface area (Å²) >= 11 is 1.38. The zero-order chi connectivity index (χ0) is 22.4. The van der Waals surface area contributed by atoms with E-state index in [2.05, 4.69) is 24.3 Å². The molecule has 1 aliphatic rings. The van der Waals surface area contributed by atoms with Crippen LogP contribution in [0.3, 0.4) is 0 Å². The van der Waals surface area contributed by atoms with Crippen molar-refractivity contribution in [3.8, 4) is 22.4 Å². The van der Waals surface area contributed by atoms with Crippen LogP contribution in [0.1, 0.15) is 15.2 Å². The smallest absolute Gasteiger partial charge is 0.270 e. The van der Waals surface area contributed by atoms with Crippen LogP contribution in [0.15, 0.2) is 91.0 Å². The Labute approximate surface area is 195 Å². The van der Waals surface area contributed by atoms with Crippen LogP contribution < -0.4 is 10.6 Å². The highest BCUT2D eigenvalue weighted by atomic mass is 32.1. The average Bonchev–Trinajstić information content (AvgIpc) is 3.45. The van der Waals surface area contributed by atoms with Crippen molar-refractivity contribution in [2.45, 2.75) is 6.42 Å². The summed E-state index contributed by atoms with van der Waals surface area (Å²) in [5, 5.41) is 0.849. The van der Waals surface area contributed by atoms with E-state index in [1.54, 1.807) is 0 Å². The molecule has 4 nitrogen and oxygen atoms in total. The van der Waals surface area contributed by atoms with Crippen molar-refractivity contribution in [2.24, 2.45) is 0 Å². The third-order valence-electron chi connectivity index (χ3n) is 6.18. The number of benzene rings is 3. The predicted molar refractivity (Wildman–Crippen MR) is 137 cm³/mol. The second-order valence-corrected chi connectivity index (χ2v) is 9.15. The highest BCUT2D eigenvalue weighted by Gasteiger charge is 2.29. The number of para-hydroxylation sites is 1. The number of anilines is 2. The fourth-order valence-electron chi connectivity index (χ4n) is 4.55. The lowest BCUT2D eigenvalue weighted by Crippen LogP contribution is -2.28. The molecule has 0 fully saturated rings. The SMILES string of the molecule is Nc1c(C(=O)N2CCc3ccccc32)sc2nc(-c3ccccc3)cc(-c3ccccc3)c12. The summed E-state index contributed by atoms with van der Waals surface area (Å²) in [7, 11) is 0. The lowest BCUT2D eigenvalue weighted by molar-refractivity contribution is 0.0994. The summed E-state index contributed by atoms with van der Waals surface area (Å²) in [5.41, 5.74) is 13.3. The van der Waals surface area contributed by atoms with Crippen molar-refractivity contribution in [2.75, 3.05) is 17.2 Å². The summed E-state index contributed by atoms with van der Waals surface area (Å²) in [6.45, 7) is 0.667. The van der Waals surface area contributed by atoms with Crippen LogP contribution in [0.25, 0.3) is 32.6 Å². The number of fused-ring (bicyclic) bond motifs is 2. The van der Waals surface area contributed by atoms with E-state index >= 15 is 0 Å². The van der Waals surface area contributed by atoms with Gasteiger partial charge in [-0.2, -0.15) is 0 Å². The van der Waals surface area contributed by atoms with Crippen molar-refractivity contribution >= 4 is 38.8 Å². The van der Waals surface area contributed by atoms with Gasteiger partial charge in [0.2, 0.25) is 0 Å². The van der Waals surface area contributed by atoms with Crippen molar-refractivity contribution in [1.29, 1.82) is 0 Å². The Kier molecular flexibility index (Phi) is 4.70. The summed E-state index contributed by atoms with van der Waals surface area (Å²) in [6, 6.07) is 30.4. The molecule has 5 heteroatoms. The first-order valence-electron chi connectivity index (χ1n) is 10.9. The summed E-state index contributed by atoms with van der Waals surface area (Å²) in [6.07, 6.45) is 0.860. The molecule has 33 heavy (non-hydrogen) atoms. The zero-order valence-electron chi connectivity index (χ0n) is 17.9. The highest BCUT2D eigenvalue weighted by molar-refractivity contribution is 7.21. The molecule has 0 aliphatic carbocycles. The van der Waals surface area contributed by atoms with Gasteiger partial charge in [-0.15, -0.1) is 11.3 Å². The standard InChI is InChI=1S/C28H21N3OS/c29-25-24-21(18-9-3-1-4-10-18)17-22(19-11-5-2-6-12-19)30-27(24)33-26(25)28(32)31-16-15-20-13-7-8-14-23(20)31/h1-14,17H,15-16,29H2. The molecule has 1 aliphatic heterocycles. The molecule has 0 atom stereocenters. The van der Waals surface area contributed by atoms with Gasteiger partial charge in [-0.05, 0) is 35.2 Å². The van der Waals surface area contributed by atoms with E-state index in [9.17, 15) is 4.79 Å². The lowest BCUT2D eigenvalue weighted by Gasteiger charge is -2.16. The van der Waals surface area contributed by atoms with E-state index in [1.807, 2.05) is 71.6 Å². The number of thiophene rings is 1. The molecule has 1 amide bonds. The molecule has 3 aromatic carbocycles. The second-order valence-electron chi connectivity index (χ2n) is 8.15. The highest BCUT2D eigenvalue weighted by Crippen LogP contribution is 2.42. The maximum absolute atomic E-state index is 13.6. The summed E-state index contributed by atoms with van der Waals surface area (Å²) < 4.78 is 0. The number of nitrogens with two attached hydrogens (primary N) is 1. The first-order chi connectivity index (χ1) is 16.2. The van der Waals surface area contributed by atoms with Crippen LogP contribution in [0.4, 0.5) is 11.4 Å². The van der Waals surface area contributed by atoms with Crippen LogP contribution in [0.2, 0.25) is 0 Å². The van der Waals surface area contributed by atoms with Crippen LogP contribution in [-0.4, -0.2) is 17.4 Å². The minimum Gasteiger partial charge on any atom is -0.397 e. The summed E-state index contributed by atoms with van der Waals surface area (Å²) in [4.78, 5) is 21.7. The number of aromatic nitrogens is 1. The van der Waals surface area contributed by atoms with Gasteiger partial charge in [0.05, 0.1) is 11.4 Å². The Morgan fingerprint density at radius 2 is 1.55 bits per heavy atom. The van der Waals surface area contributed by atoms with E-state index in [4.69, 9.17) is 10.7 Å². The van der Waals surface area contributed by atoms with E-state index in [-0.39, 0.29) is 5.91 Å². The lowest BCUT2D eigenvalue weighted by atomic mass is 9.99. The van der Waals surface area contributed by atoms with Gasteiger partial charge in [-0.1, -0.05) is 78.9 Å². The monoisotopic (exact) mass is 447 g/mol. The number of carbonyl (C=O) groups is 1. The van der Waals surface area contributed by atoms with Crippen molar-refractivity contribution < 1.29 is 4.79 Å². The molecule has 6 rings (SSSR count). The van der Waals surface area contributed by atoms with Gasteiger partial charge in [0.25, 0.3) is 5.91 Å². The molecule has 2 aromatic heterocycles. The molecular weight excluding hydrogens is 426 g/mol. The molecule has 0 saturated heterocycles. The number of nitrogens with zero attached hydrogens (tertiary/aromatic N) is 2. The normalized spacial score (nSPS) is 12.8. The van der Waals surface area contributed by atoms with Crippen LogP contribution in [0, 0.1) is 0 Å². The first kappa shape index (κ1) is 19.7. The number of amides is 1.